The van der Waals surface area contributed by atoms with Crippen LogP contribution in [0, 0.1) is 0 Å². The minimum Gasteiger partial charge on any atom is -0.331 e. The molecular formula is C15H19N5O. The predicted molar refractivity (Wildman–Crippen MR) is 78.7 cm³/mol. The first-order valence-corrected chi connectivity index (χ1v) is 7.07. The van der Waals surface area contributed by atoms with Crippen molar-refractivity contribution in [3.05, 3.63) is 48.0 Å². The van der Waals surface area contributed by atoms with Gasteiger partial charge in [0.1, 0.15) is 0 Å². The Labute approximate surface area is 123 Å². The fraction of sp³-hybridized carbons (Fsp3) is 0.400. The summed E-state index contributed by atoms with van der Waals surface area (Å²) >= 11 is 0. The molecule has 2 aromatic heterocycles. The molecule has 1 atom stereocenters. The smallest absolute Gasteiger partial charge is 0.317 e. The van der Waals surface area contributed by atoms with Gasteiger partial charge in [0.05, 0.1) is 12.2 Å². The maximum atomic E-state index is 12.2. The monoisotopic (exact) mass is 285 g/mol. The van der Waals surface area contributed by atoms with E-state index in [1.165, 1.54) is 5.56 Å². The third kappa shape index (κ3) is 2.89. The maximum Gasteiger partial charge on any atom is 0.317 e. The lowest BCUT2D eigenvalue weighted by atomic mass is 9.93. The van der Waals surface area contributed by atoms with Crippen molar-refractivity contribution >= 4 is 6.03 Å². The standard InChI is InChI=1S/C15H19N5O/c1-11(13-7-17-19(2)8-13)18-15(21)20-9-14(10-20)12-3-5-16-6-4-12/h3-8,11,14H,9-10H2,1-2H3,(H,18,21)/t11-/m1/s1. The molecule has 1 fully saturated rings. The Kier molecular flexibility index (Phi) is 3.60. The molecule has 0 radical (unpaired) electrons. The van der Waals surface area contributed by atoms with E-state index in [4.69, 9.17) is 0 Å². The van der Waals surface area contributed by atoms with Gasteiger partial charge in [0.25, 0.3) is 0 Å². The van der Waals surface area contributed by atoms with E-state index in [1.807, 2.05) is 37.2 Å². The number of nitrogens with zero attached hydrogens (tertiary/aromatic N) is 4. The second kappa shape index (κ2) is 5.55. The highest BCUT2D eigenvalue weighted by molar-refractivity contribution is 5.75. The Morgan fingerprint density at radius 2 is 2.10 bits per heavy atom. The number of amides is 2. The first kappa shape index (κ1) is 13.6. The average molecular weight is 285 g/mol. The summed E-state index contributed by atoms with van der Waals surface area (Å²) < 4.78 is 1.74. The summed E-state index contributed by atoms with van der Waals surface area (Å²) in [5.74, 6) is 0.424. The summed E-state index contributed by atoms with van der Waals surface area (Å²) in [5, 5.41) is 7.13. The molecule has 1 N–H and O–H groups in total. The number of pyridine rings is 1. The van der Waals surface area contributed by atoms with Crippen molar-refractivity contribution in [1.82, 2.24) is 25.0 Å². The Morgan fingerprint density at radius 3 is 2.71 bits per heavy atom. The van der Waals surface area contributed by atoms with E-state index >= 15 is 0 Å². The zero-order valence-electron chi connectivity index (χ0n) is 12.2. The number of rotatable bonds is 3. The molecule has 6 nitrogen and oxygen atoms in total. The molecule has 21 heavy (non-hydrogen) atoms. The van der Waals surface area contributed by atoms with Crippen LogP contribution >= 0.6 is 0 Å². The molecule has 3 heterocycles. The second-order valence-corrected chi connectivity index (χ2v) is 5.50. The Bertz CT molecular complexity index is 618. The summed E-state index contributed by atoms with van der Waals surface area (Å²) in [6, 6.07) is 3.97. The SMILES string of the molecule is C[C@@H](NC(=O)N1CC(c2ccncc2)C1)c1cnn(C)c1. The van der Waals surface area contributed by atoms with Crippen LogP contribution < -0.4 is 5.32 Å². The molecule has 0 bridgehead atoms. The average Bonchev–Trinajstić information content (AvgIpc) is 2.85. The number of hydrogen-bond acceptors (Lipinski definition) is 3. The molecule has 0 saturated carbocycles. The van der Waals surface area contributed by atoms with E-state index in [0.717, 1.165) is 18.7 Å². The van der Waals surface area contributed by atoms with Gasteiger partial charge in [0.2, 0.25) is 0 Å². The van der Waals surface area contributed by atoms with Crippen LogP contribution in [0.4, 0.5) is 4.79 Å². The normalized spacial score (nSPS) is 16.4. The number of carbonyl (C=O) groups is 1. The van der Waals surface area contributed by atoms with Crippen molar-refractivity contribution in [3.8, 4) is 0 Å². The Balaban J connectivity index is 1.52. The van der Waals surface area contributed by atoms with Crippen LogP contribution in [0.15, 0.2) is 36.9 Å². The molecule has 0 aromatic carbocycles. The summed E-state index contributed by atoms with van der Waals surface area (Å²) in [6.45, 7) is 3.49. The molecule has 2 aromatic rings. The second-order valence-electron chi connectivity index (χ2n) is 5.50. The number of nitrogens with one attached hydrogen (secondary N) is 1. The zero-order chi connectivity index (χ0) is 14.8. The third-order valence-corrected chi connectivity index (χ3v) is 3.91. The van der Waals surface area contributed by atoms with E-state index < -0.39 is 0 Å². The van der Waals surface area contributed by atoms with Gasteiger partial charge in [0.15, 0.2) is 0 Å². The highest BCUT2D eigenvalue weighted by Crippen LogP contribution is 2.26. The molecule has 3 rings (SSSR count). The molecular weight excluding hydrogens is 266 g/mol. The van der Waals surface area contributed by atoms with Gasteiger partial charge in [-0.25, -0.2) is 4.79 Å². The van der Waals surface area contributed by atoms with Crippen molar-refractivity contribution in [2.75, 3.05) is 13.1 Å². The van der Waals surface area contributed by atoms with Crippen LogP contribution in [0.2, 0.25) is 0 Å². The molecule has 0 unspecified atom stereocenters. The van der Waals surface area contributed by atoms with E-state index in [2.05, 4.69) is 15.4 Å². The zero-order valence-corrected chi connectivity index (χ0v) is 12.2. The van der Waals surface area contributed by atoms with Crippen LogP contribution in [0.25, 0.3) is 0 Å². The maximum absolute atomic E-state index is 12.2. The fourth-order valence-corrected chi connectivity index (χ4v) is 2.51. The van der Waals surface area contributed by atoms with Crippen molar-refractivity contribution in [2.45, 2.75) is 18.9 Å². The first-order valence-electron chi connectivity index (χ1n) is 7.07. The van der Waals surface area contributed by atoms with Gasteiger partial charge in [-0.3, -0.25) is 9.67 Å². The quantitative estimate of drug-likeness (QED) is 0.933. The lowest BCUT2D eigenvalue weighted by molar-refractivity contribution is 0.148. The first-order chi connectivity index (χ1) is 10.1. The molecule has 1 aliphatic heterocycles. The van der Waals surface area contributed by atoms with Crippen LogP contribution in [0.3, 0.4) is 0 Å². The third-order valence-electron chi connectivity index (χ3n) is 3.91. The van der Waals surface area contributed by atoms with E-state index in [-0.39, 0.29) is 12.1 Å². The largest absolute Gasteiger partial charge is 0.331 e. The Morgan fingerprint density at radius 1 is 1.38 bits per heavy atom. The van der Waals surface area contributed by atoms with Gasteiger partial charge in [-0.15, -0.1) is 0 Å². The van der Waals surface area contributed by atoms with Gasteiger partial charge in [-0.1, -0.05) is 0 Å². The van der Waals surface area contributed by atoms with Crippen LogP contribution in [-0.4, -0.2) is 38.8 Å². The van der Waals surface area contributed by atoms with Gasteiger partial charge in [-0.2, -0.15) is 5.10 Å². The highest BCUT2D eigenvalue weighted by Gasteiger charge is 2.32. The summed E-state index contributed by atoms with van der Waals surface area (Å²) in [7, 11) is 1.87. The van der Waals surface area contributed by atoms with Crippen LogP contribution in [0.5, 0.6) is 0 Å². The Hall–Kier alpha value is -2.37. The van der Waals surface area contributed by atoms with Gasteiger partial charge in [-0.05, 0) is 24.6 Å². The predicted octanol–water partition coefficient (Wildman–Crippen LogP) is 1.69. The number of carbonyl (C=O) groups excluding carboxylic acids is 1. The minimum absolute atomic E-state index is 0.0170. The summed E-state index contributed by atoms with van der Waals surface area (Å²) in [6.07, 6.45) is 7.28. The van der Waals surface area contributed by atoms with Crippen LogP contribution in [-0.2, 0) is 7.05 Å². The summed E-state index contributed by atoms with van der Waals surface area (Å²) in [4.78, 5) is 18.0. The molecule has 6 heteroatoms. The van der Waals surface area contributed by atoms with E-state index in [0.29, 0.717) is 5.92 Å². The number of likely N-dealkylation sites (tertiary alicyclic amines) is 1. The van der Waals surface area contributed by atoms with Gasteiger partial charge >= 0.3 is 6.03 Å². The summed E-state index contributed by atoms with van der Waals surface area (Å²) in [5.41, 5.74) is 2.26. The van der Waals surface area contributed by atoms with Crippen molar-refractivity contribution in [3.63, 3.8) is 0 Å². The number of aryl methyl sites for hydroxylation is 1. The molecule has 0 spiro atoms. The van der Waals surface area contributed by atoms with Gasteiger partial charge in [0, 0.05) is 50.2 Å². The van der Waals surface area contributed by atoms with Crippen molar-refractivity contribution < 1.29 is 4.79 Å². The highest BCUT2D eigenvalue weighted by atomic mass is 16.2. The number of aromatic nitrogens is 3. The lowest BCUT2D eigenvalue weighted by Gasteiger charge is -2.39. The molecule has 110 valence electrons. The van der Waals surface area contributed by atoms with Crippen LogP contribution in [0.1, 0.15) is 30.0 Å². The topological polar surface area (TPSA) is 63.1 Å². The molecule has 2 amide bonds. The van der Waals surface area contributed by atoms with Crippen molar-refractivity contribution in [2.24, 2.45) is 7.05 Å². The molecule has 0 aliphatic carbocycles. The molecule has 1 saturated heterocycles. The van der Waals surface area contributed by atoms with E-state index in [1.54, 1.807) is 23.3 Å². The molecule has 1 aliphatic rings. The minimum atomic E-state index is -0.0359. The fourth-order valence-electron chi connectivity index (χ4n) is 2.51. The lowest BCUT2D eigenvalue weighted by Crippen LogP contribution is -2.52. The van der Waals surface area contributed by atoms with E-state index in [9.17, 15) is 4.79 Å². The van der Waals surface area contributed by atoms with Crippen molar-refractivity contribution in [1.29, 1.82) is 0 Å². The van der Waals surface area contributed by atoms with Gasteiger partial charge < -0.3 is 10.2 Å². The number of hydrogen-bond donors (Lipinski definition) is 1. The number of urea groups is 1.